The molecular formula is C46H75N5Si2. The van der Waals surface area contributed by atoms with E-state index in [-0.39, 0.29) is 0 Å². The molecule has 292 valence electrons. The molecule has 0 saturated carbocycles. The molecule has 0 spiro atoms. The predicted molar refractivity (Wildman–Crippen MR) is 239 cm³/mol. The zero-order chi connectivity index (χ0) is 38.6. The molecule has 2 aliphatic rings. The van der Waals surface area contributed by atoms with Crippen molar-refractivity contribution in [2.75, 3.05) is 45.6 Å². The maximum atomic E-state index is 3.99. The topological polar surface area (TPSA) is 28.4 Å². The molecule has 4 heterocycles. The molecule has 2 fully saturated rings. The molecule has 6 rings (SSSR count). The molecule has 7 heteroatoms. The van der Waals surface area contributed by atoms with Crippen LogP contribution in [0.15, 0.2) is 48.8 Å². The lowest BCUT2D eigenvalue weighted by molar-refractivity contribution is 0.256. The van der Waals surface area contributed by atoms with Crippen LogP contribution < -0.4 is 5.32 Å². The lowest BCUT2D eigenvalue weighted by atomic mass is 9.89. The number of likely N-dealkylation sites (tertiary alicyclic amines) is 2. The van der Waals surface area contributed by atoms with Crippen molar-refractivity contribution < 1.29 is 0 Å². The summed E-state index contributed by atoms with van der Waals surface area (Å²) in [6.07, 6.45) is 10.3. The van der Waals surface area contributed by atoms with Crippen LogP contribution in [-0.2, 0) is 0 Å². The molecule has 2 saturated heterocycles. The van der Waals surface area contributed by atoms with Gasteiger partial charge < -0.3 is 23.6 Å². The fraction of sp³-hybridized carbons (Fsp3) is 0.652. The number of aromatic nitrogens is 2. The van der Waals surface area contributed by atoms with Gasteiger partial charge in [0.05, 0.1) is 0 Å². The van der Waals surface area contributed by atoms with Gasteiger partial charge in [-0.05, 0) is 165 Å². The molecule has 1 N–H and O–H groups in total. The predicted octanol–water partition coefficient (Wildman–Crippen LogP) is 13.0. The van der Waals surface area contributed by atoms with Crippen molar-refractivity contribution in [1.29, 1.82) is 0 Å². The Morgan fingerprint density at radius 2 is 0.868 bits per heavy atom. The van der Waals surface area contributed by atoms with E-state index in [2.05, 4.69) is 170 Å². The Balaban J connectivity index is 1.49. The first-order valence-electron chi connectivity index (χ1n) is 21.5. The van der Waals surface area contributed by atoms with Gasteiger partial charge in [-0.3, -0.25) is 0 Å². The van der Waals surface area contributed by atoms with Crippen molar-refractivity contribution in [3.8, 4) is 0 Å². The van der Waals surface area contributed by atoms with Crippen molar-refractivity contribution in [2.24, 2.45) is 0 Å². The van der Waals surface area contributed by atoms with E-state index in [1.54, 1.807) is 11.1 Å². The van der Waals surface area contributed by atoms with E-state index >= 15 is 0 Å². The number of hydrogen-bond donors (Lipinski definition) is 1. The van der Waals surface area contributed by atoms with Gasteiger partial charge in [-0.2, -0.15) is 0 Å². The highest BCUT2D eigenvalue weighted by atomic mass is 28.3. The van der Waals surface area contributed by atoms with Crippen LogP contribution in [0.2, 0.25) is 33.2 Å². The fourth-order valence-electron chi connectivity index (χ4n) is 12.4. The van der Waals surface area contributed by atoms with Crippen LogP contribution >= 0.6 is 0 Å². The number of benzene rings is 2. The number of rotatable bonds is 12. The van der Waals surface area contributed by atoms with Crippen molar-refractivity contribution >= 4 is 49.7 Å². The van der Waals surface area contributed by atoms with Crippen LogP contribution in [-0.4, -0.2) is 75.0 Å². The second-order valence-electron chi connectivity index (χ2n) is 19.4. The monoisotopic (exact) mass is 754 g/mol. The largest absolute Gasteiger partial charge is 0.373 e. The van der Waals surface area contributed by atoms with Crippen LogP contribution in [0.5, 0.6) is 0 Å². The molecule has 0 amide bonds. The summed E-state index contributed by atoms with van der Waals surface area (Å²) in [7, 11) is 0.666. The summed E-state index contributed by atoms with van der Waals surface area (Å²) in [5, 5.41) is 6.95. The van der Waals surface area contributed by atoms with Gasteiger partial charge in [0.15, 0.2) is 16.5 Å². The average Bonchev–Trinajstić information content (AvgIpc) is 3.64. The van der Waals surface area contributed by atoms with Gasteiger partial charge in [0, 0.05) is 33.2 Å². The van der Waals surface area contributed by atoms with Crippen molar-refractivity contribution in [1.82, 2.24) is 18.3 Å². The minimum absolute atomic E-state index is 0.613. The van der Waals surface area contributed by atoms with E-state index in [1.807, 2.05) is 0 Å². The second-order valence-corrected chi connectivity index (χ2v) is 30.8. The van der Waals surface area contributed by atoms with Gasteiger partial charge in [-0.15, -0.1) is 0 Å². The second kappa shape index (κ2) is 15.7. The summed E-state index contributed by atoms with van der Waals surface area (Å²) in [4.78, 5) is 5.02. The molecule has 0 radical (unpaired) electrons. The molecule has 0 bridgehead atoms. The Labute approximate surface area is 326 Å². The van der Waals surface area contributed by atoms with Crippen molar-refractivity contribution in [3.63, 3.8) is 0 Å². The average molecular weight is 754 g/mol. The van der Waals surface area contributed by atoms with Crippen LogP contribution in [0, 0.1) is 0 Å². The van der Waals surface area contributed by atoms with Crippen LogP contribution in [0.3, 0.4) is 0 Å². The first-order chi connectivity index (χ1) is 25.0. The Hall–Kier alpha value is -2.33. The summed E-state index contributed by atoms with van der Waals surface area (Å²) in [5.74, 6) is 1.25. The maximum absolute atomic E-state index is 3.99. The molecule has 5 nitrogen and oxygen atoms in total. The number of fused-ring (bicyclic) bond motifs is 2. The summed E-state index contributed by atoms with van der Waals surface area (Å²) < 4.78 is 5.76. The molecule has 4 aromatic rings. The van der Waals surface area contributed by atoms with E-state index in [9.17, 15) is 0 Å². The number of hydrogen-bond acceptors (Lipinski definition) is 3. The highest BCUT2D eigenvalue weighted by Gasteiger charge is 2.47. The van der Waals surface area contributed by atoms with E-state index in [4.69, 9.17) is 0 Å². The van der Waals surface area contributed by atoms with Gasteiger partial charge in [0.25, 0.3) is 0 Å². The van der Waals surface area contributed by atoms with Crippen LogP contribution in [0.25, 0.3) is 21.8 Å². The Bertz CT molecular complexity index is 1800. The first kappa shape index (κ1) is 40.3. The molecule has 0 unspecified atom stereocenters. The Morgan fingerprint density at radius 3 is 1.30 bits per heavy atom. The van der Waals surface area contributed by atoms with E-state index in [0.717, 1.165) is 0 Å². The molecule has 0 atom stereocenters. The van der Waals surface area contributed by atoms with E-state index in [1.165, 1.54) is 85.0 Å². The number of piperidine rings is 2. The third-order valence-corrected chi connectivity index (χ3v) is 28.2. The number of nitrogens with zero attached hydrogens (tertiary/aromatic N) is 4. The Morgan fingerprint density at radius 1 is 0.491 bits per heavy atom. The van der Waals surface area contributed by atoms with Gasteiger partial charge in [0.1, 0.15) is 0 Å². The number of anilines is 2. The zero-order valence-electron chi connectivity index (χ0n) is 36.2. The summed E-state index contributed by atoms with van der Waals surface area (Å²) in [6.45, 7) is 34.8. The molecular weight excluding hydrogens is 679 g/mol. The van der Waals surface area contributed by atoms with E-state index < -0.39 is 16.5 Å². The van der Waals surface area contributed by atoms with Gasteiger partial charge in [-0.1, -0.05) is 89.2 Å². The van der Waals surface area contributed by atoms with E-state index in [0.29, 0.717) is 45.1 Å². The van der Waals surface area contributed by atoms with Gasteiger partial charge in [0.2, 0.25) is 0 Å². The molecule has 53 heavy (non-hydrogen) atoms. The van der Waals surface area contributed by atoms with Crippen molar-refractivity contribution in [2.45, 2.75) is 154 Å². The maximum Gasteiger partial charge on any atom is 0.169 e. The standard InChI is InChI=1S/C46H75N5Si2/c1-31(2)52(32(3)4,33(5)6)50-30-44(38-21-25-49(14)26-22-38)42-27-39(16-18-45(42)50)47-40-15-17-41-43(37-19-23-48(13)24-20-37)29-51(46(41)28-40)53(34(7)8,35(9)10)36(11)12/h15-18,27-38,47H,19-26H2,1-14H3. The SMILES string of the molecule is CC(C)[Si](C(C)C)(C(C)C)n1cc(C2CCN(C)CC2)c2cc(Nc3ccc4c(C5CCN(C)CC5)cn([Si](C(C)C)(C(C)C)C(C)C)c4c3)ccc21. The fourth-order valence-corrected chi connectivity index (χ4v) is 25.7. The van der Waals surface area contributed by atoms with Gasteiger partial charge >= 0.3 is 0 Å². The zero-order valence-corrected chi connectivity index (χ0v) is 38.2. The summed E-state index contributed by atoms with van der Waals surface area (Å²) in [5.41, 5.74) is 12.4. The third kappa shape index (κ3) is 6.93. The van der Waals surface area contributed by atoms with Crippen molar-refractivity contribution in [3.05, 3.63) is 59.9 Å². The molecule has 2 aliphatic heterocycles. The summed E-state index contributed by atoms with van der Waals surface area (Å²) in [6, 6.07) is 14.7. The number of nitrogens with one attached hydrogen (secondary N) is 1. The van der Waals surface area contributed by atoms with Crippen LogP contribution in [0.4, 0.5) is 11.4 Å². The lowest BCUT2D eigenvalue weighted by Crippen LogP contribution is -2.51. The van der Waals surface area contributed by atoms with Crippen LogP contribution in [0.1, 0.15) is 132 Å². The molecule has 2 aromatic heterocycles. The quantitative estimate of drug-likeness (QED) is 0.146. The lowest BCUT2D eigenvalue weighted by Gasteiger charge is -2.44. The minimum atomic E-state index is -1.97. The van der Waals surface area contributed by atoms with Gasteiger partial charge in [-0.25, -0.2) is 0 Å². The smallest absolute Gasteiger partial charge is 0.169 e. The first-order valence-corrected chi connectivity index (χ1v) is 25.9. The normalized spacial score (nSPS) is 18.1. The highest BCUT2D eigenvalue weighted by Crippen LogP contribution is 2.49. The molecule has 0 aliphatic carbocycles. The minimum Gasteiger partial charge on any atom is -0.373 e. The summed E-state index contributed by atoms with van der Waals surface area (Å²) >= 11 is 0. The Kier molecular flexibility index (Phi) is 11.9. The molecule has 2 aromatic carbocycles. The highest BCUT2D eigenvalue weighted by molar-refractivity contribution is 6.83. The third-order valence-electron chi connectivity index (χ3n) is 14.7.